The van der Waals surface area contributed by atoms with Crippen LogP contribution in [0.25, 0.3) is 0 Å². The van der Waals surface area contributed by atoms with E-state index in [0.29, 0.717) is 37.5 Å². The summed E-state index contributed by atoms with van der Waals surface area (Å²) < 4.78 is 16.0. The lowest BCUT2D eigenvalue weighted by molar-refractivity contribution is -0.170. The zero-order valence-electron chi connectivity index (χ0n) is 28.4. The third-order valence-electron chi connectivity index (χ3n) is 11.0. The third-order valence-corrected chi connectivity index (χ3v) is 11.0. The van der Waals surface area contributed by atoms with Crippen LogP contribution in [-0.2, 0) is 33.4 Å². The van der Waals surface area contributed by atoms with Gasteiger partial charge in [0.25, 0.3) is 0 Å². The molecule has 0 bridgehead atoms. The Morgan fingerprint density at radius 2 is 1.58 bits per heavy atom. The quantitative estimate of drug-likeness (QED) is 0.266. The molecule has 0 spiro atoms. The van der Waals surface area contributed by atoms with Crippen molar-refractivity contribution < 1.29 is 43.3 Å². The molecule has 4 rings (SSSR count). The molecule has 0 heterocycles. The molecule has 0 aromatic carbocycles. The molecule has 252 valence electrons. The number of Topliss-reactive ketones (excluding diaryl/α,β-unsaturated/α-hetero) is 1. The van der Waals surface area contributed by atoms with E-state index in [2.05, 4.69) is 12.2 Å². The predicted octanol–water partition coefficient (Wildman–Crippen LogP) is 5.38. The first-order chi connectivity index (χ1) is 20.7. The SMILES string of the molecule is CC(C)(C)OC(=O)CC[C@H](NC(=O)OC(C)(C)C)C(=O)OCC(=O)[C@@]1(O)CC[C@@H]2[C@@H]3CCC4=CC(=O)CC[C@]4(C)[C@H]3CC[C@@]21C. The molecule has 3 fully saturated rings. The molecule has 4 aliphatic rings. The summed E-state index contributed by atoms with van der Waals surface area (Å²) in [5.41, 5.74) is -2.60. The van der Waals surface area contributed by atoms with Crippen molar-refractivity contribution >= 4 is 29.6 Å². The number of fused-ring (bicyclic) bond motifs is 5. The van der Waals surface area contributed by atoms with Crippen molar-refractivity contribution in [3.05, 3.63) is 11.6 Å². The van der Waals surface area contributed by atoms with Gasteiger partial charge in [0.15, 0.2) is 12.4 Å². The number of aliphatic hydroxyl groups is 1. The third kappa shape index (κ3) is 7.31. The molecular formula is C35H53NO9. The lowest BCUT2D eigenvalue weighted by Crippen LogP contribution is -2.58. The van der Waals surface area contributed by atoms with E-state index in [1.165, 1.54) is 5.57 Å². The van der Waals surface area contributed by atoms with Gasteiger partial charge in [0.2, 0.25) is 5.78 Å². The van der Waals surface area contributed by atoms with Crippen molar-refractivity contribution in [3.8, 4) is 0 Å². The van der Waals surface area contributed by atoms with Crippen LogP contribution in [0, 0.1) is 28.6 Å². The Bertz CT molecular complexity index is 1240. The predicted molar refractivity (Wildman–Crippen MR) is 166 cm³/mol. The Hall–Kier alpha value is -2.75. The van der Waals surface area contributed by atoms with E-state index in [9.17, 15) is 29.1 Å². The van der Waals surface area contributed by atoms with Gasteiger partial charge in [-0.05, 0) is 122 Å². The van der Waals surface area contributed by atoms with E-state index in [4.69, 9.17) is 14.2 Å². The van der Waals surface area contributed by atoms with Crippen molar-refractivity contribution in [3.63, 3.8) is 0 Å². The fraction of sp³-hybridized carbons (Fsp3) is 0.800. The number of alkyl carbamates (subject to hydrolysis) is 1. The minimum Gasteiger partial charge on any atom is -0.460 e. The zero-order chi connectivity index (χ0) is 33.6. The average Bonchev–Trinajstić information content (AvgIpc) is 3.19. The van der Waals surface area contributed by atoms with Crippen LogP contribution >= 0.6 is 0 Å². The Morgan fingerprint density at radius 3 is 2.22 bits per heavy atom. The van der Waals surface area contributed by atoms with Gasteiger partial charge in [0.1, 0.15) is 22.8 Å². The number of ether oxygens (including phenoxy) is 3. The first-order valence-corrected chi connectivity index (χ1v) is 16.6. The smallest absolute Gasteiger partial charge is 0.408 e. The summed E-state index contributed by atoms with van der Waals surface area (Å²) in [6.07, 6.45) is 6.50. The summed E-state index contributed by atoms with van der Waals surface area (Å²) >= 11 is 0. The van der Waals surface area contributed by atoms with Crippen LogP contribution in [0.4, 0.5) is 4.79 Å². The Morgan fingerprint density at radius 1 is 0.933 bits per heavy atom. The summed E-state index contributed by atoms with van der Waals surface area (Å²) in [7, 11) is 0. The van der Waals surface area contributed by atoms with Gasteiger partial charge in [-0.1, -0.05) is 19.4 Å². The van der Waals surface area contributed by atoms with E-state index < -0.39 is 58.7 Å². The topological polar surface area (TPSA) is 145 Å². The van der Waals surface area contributed by atoms with Crippen LogP contribution < -0.4 is 5.32 Å². The highest BCUT2D eigenvalue weighted by molar-refractivity contribution is 5.92. The number of nitrogens with one attached hydrogen (secondary N) is 1. The molecule has 0 aliphatic heterocycles. The van der Waals surface area contributed by atoms with Gasteiger partial charge in [0, 0.05) is 18.3 Å². The second-order valence-electron chi connectivity index (χ2n) is 16.2. The van der Waals surface area contributed by atoms with E-state index in [0.717, 1.165) is 25.7 Å². The van der Waals surface area contributed by atoms with Crippen LogP contribution in [0.2, 0.25) is 0 Å². The molecule has 2 N–H and O–H groups in total. The van der Waals surface area contributed by atoms with Crippen molar-refractivity contribution in [2.24, 2.45) is 28.6 Å². The van der Waals surface area contributed by atoms with E-state index >= 15 is 0 Å². The molecule has 7 atom stereocenters. The lowest BCUT2D eigenvalue weighted by atomic mass is 9.46. The standard InChI is InChI=1S/C35H53NO9/c1-31(2,3)44-28(39)12-11-26(36-30(41)45-32(4,5)6)29(40)43-20-27(38)35(42)18-15-25-23-10-9-21-19-22(37)13-16-33(21,7)24(23)14-17-34(25,35)8/h19,23-26,42H,9-18,20H2,1-8H3,(H,36,41)/t23-,24+,25-,26+,33+,34+,35+/m1/s1. The first kappa shape index (κ1) is 35.1. The van der Waals surface area contributed by atoms with E-state index in [1.807, 2.05) is 13.0 Å². The van der Waals surface area contributed by atoms with Gasteiger partial charge in [-0.3, -0.25) is 14.4 Å². The van der Waals surface area contributed by atoms with E-state index in [1.54, 1.807) is 41.5 Å². The number of carbonyl (C=O) groups excluding carboxylic acids is 5. The molecule has 0 aromatic rings. The van der Waals surface area contributed by atoms with Crippen LogP contribution in [0.5, 0.6) is 0 Å². The summed E-state index contributed by atoms with van der Waals surface area (Å²) in [4.78, 5) is 63.9. The number of ketones is 2. The molecule has 10 heteroatoms. The number of hydrogen-bond acceptors (Lipinski definition) is 9. The molecule has 45 heavy (non-hydrogen) atoms. The zero-order valence-corrected chi connectivity index (χ0v) is 28.4. The van der Waals surface area contributed by atoms with Crippen molar-refractivity contribution in [1.29, 1.82) is 0 Å². The van der Waals surface area contributed by atoms with Crippen molar-refractivity contribution in [1.82, 2.24) is 5.32 Å². The molecule has 0 aromatic heterocycles. The van der Waals surface area contributed by atoms with Crippen LogP contribution in [0.1, 0.15) is 120 Å². The molecule has 0 unspecified atom stereocenters. The molecule has 4 aliphatic carbocycles. The molecule has 1 amide bonds. The first-order valence-electron chi connectivity index (χ1n) is 16.6. The number of carbonyl (C=O) groups is 5. The number of allylic oxidation sites excluding steroid dienone is 1. The van der Waals surface area contributed by atoms with Gasteiger partial charge in [-0.2, -0.15) is 0 Å². The maximum absolute atomic E-state index is 13.7. The number of esters is 2. The second-order valence-corrected chi connectivity index (χ2v) is 16.2. The maximum Gasteiger partial charge on any atom is 0.408 e. The summed E-state index contributed by atoms with van der Waals surface area (Å²) in [5.74, 6) is -0.874. The minimum atomic E-state index is -1.65. The molecular weight excluding hydrogens is 578 g/mol. The normalized spacial score (nSPS) is 33.5. The van der Waals surface area contributed by atoms with Crippen molar-refractivity contribution in [2.75, 3.05) is 6.61 Å². The fourth-order valence-electron chi connectivity index (χ4n) is 8.74. The van der Waals surface area contributed by atoms with E-state index in [-0.39, 0.29) is 30.0 Å². The van der Waals surface area contributed by atoms with Crippen LogP contribution in [-0.4, -0.2) is 64.2 Å². The Kier molecular flexibility index (Phi) is 9.72. The summed E-state index contributed by atoms with van der Waals surface area (Å²) in [6, 6.07) is -1.26. The second kappa shape index (κ2) is 12.5. The largest absolute Gasteiger partial charge is 0.460 e. The maximum atomic E-state index is 13.7. The Labute approximate surface area is 267 Å². The Balaban J connectivity index is 1.43. The monoisotopic (exact) mass is 631 g/mol. The lowest BCUT2D eigenvalue weighted by Gasteiger charge is -2.58. The number of amides is 1. The molecule has 10 nitrogen and oxygen atoms in total. The van der Waals surface area contributed by atoms with Gasteiger partial charge < -0.3 is 24.6 Å². The highest BCUT2D eigenvalue weighted by Crippen LogP contribution is 2.67. The van der Waals surface area contributed by atoms with Crippen LogP contribution in [0.3, 0.4) is 0 Å². The fourth-order valence-corrected chi connectivity index (χ4v) is 8.74. The molecule has 0 radical (unpaired) electrons. The van der Waals surface area contributed by atoms with Crippen molar-refractivity contribution in [2.45, 2.75) is 142 Å². The number of rotatable bonds is 8. The average molecular weight is 632 g/mol. The number of hydrogen-bond donors (Lipinski definition) is 2. The van der Waals surface area contributed by atoms with Gasteiger partial charge in [-0.25, -0.2) is 9.59 Å². The van der Waals surface area contributed by atoms with Gasteiger partial charge in [0.05, 0.1) is 0 Å². The van der Waals surface area contributed by atoms with Gasteiger partial charge >= 0.3 is 18.0 Å². The minimum absolute atomic E-state index is 0.0200. The summed E-state index contributed by atoms with van der Waals surface area (Å²) in [6.45, 7) is 13.9. The summed E-state index contributed by atoms with van der Waals surface area (Å²) in [5, 5.41) is 14.5. The highest BCUT2D eigenvalue weighted by Gasteiger charge is 2.66. The highest BCUT2D eigenvalue weighted by atomic mass is 16.6. The molecule has 3 saturated carbocycles. The van der Waals surface area contributed by atoms with Gasteiger partial charge in [-0.15, -0.1) is 0 Å². The molecule has 0 saturated heterocycles. The van der Waals surface area contributed by atoms with Crippen LogP contribution in [0.15, 0.2) is 11.6 Å².